The van der Waals surface area contributed by atoms with Crippen molar-refractivity contribution in [2.24, 2.45) is 17.8 Å². The highest BCUT2D eigenvalue weighted by atomic mass is 16.2. The molecular formula is C20H28N6O. The SMILES string of the molecule is Cc1cc(N2CCC(CC(=O)N3CC4CCCC4C3)CC2)n2ncnc2n1. The Balaban J connectivity index is 1.19. The van der Waals surface area contributed by atoms with Crippen LogP contribution in [0.2, 0.25) is 0 Å². The predicted octanol–water partition coefficient (Wildman–Crippen LogP) is 2.30. The van der Waals surface area contributed by atoms with Gasteiger partial charge in [-0.2, -0.15) is 14.6 Å². The number of aryl methyl sites for hydroxylation is 1. The first kappa shape index (κ1) is 17.0. The van der Waals surface area contributed by atoms with E-state index in [1.165, 1.54) is 19.3 Å². The summed E-state index contributed by atoms with van der Waals surface area (Å²) in [6.07, 6.45) is 8.42. The lowest BCUT2D eigenvalue weighted by atomic mass is 9.93. The lowest BCUT2D eigenvalue weighted by Crippen LogP contribution is -2.38. The van der Waals surface area contributed by atoms with E-state index in [0.717, 1.165) is 68.8 Å². The van der Waals surface area contributed by atoms with Crippen molar-refractivity contribution in [1.29, 1.82) is 0 Å². The molecule has 0 aromatic carbocycles. The van der Waals surface area contributed by atoms with E-state index in [1.807, 2.05) is 11.4 Å². The maximum Gasteiger partial charge on any atom is 0.254 e. The van der Waals surface area contributed by atoms with Gasteiger partial charge >= 0.3 is 0 Å². The molecule has 2 atom stereocenters. The van der Waals surface area contributed by atoms with Gasteiger partial charge < -0.3 is 9.80 Å². The minimum Gasteiger partial charge on any atom is -0.356 e. The molecule has 144 valence electrons. The largest absolute Gasteiger partial charge is 0.356 e. The van der Waals surface area contributed by atoms with Crippen LogP contribution < -0.4 is 4.90 Å². The van der Waals surface area contributed by atoms with Crippen molar-refractivity contribution in [3.63, 3.8) is 0 Å². The molecule has 1 aliphatic carbocycles. The fourth-order valence-electron chi connectivity index (χ4n) is 5.32. The van der Waals surface area contributed by atoms with Gasteiger partial charge in [-0.3, -0.25) is 4.79 Å². The number of fused-ring (bicyclic) bond motifs is 2. The maximum absolute atomic E-state index is 12.8. The number of aromatic nitrogens is 4. The normalized spacial score (nSPS) is 26.1. The summed E-state index contributed by atoms with van der Waals surface area (Å²) < 4.78 is 1.82. The molecule has 0 radical (unpaired) electrons. The Kier molecular flexibility index (Phi) is 4.25. The second kappa shape index (κ2) is 6.77. The van der Waals surface area contributed by atoms with E-state index in [4.69, 9.17) is 0 Å². The summed E-state index contributed by atoms with van der Waals surface area (Å²) in [5, 5.41) is 4.32. The van der Waals surface area contributed by atoms with Crippen LogP contribution in [0.4, 0.5) is 5.82 Å². The minimum absolute atomic E-state index is 0.390. The molecule has 5 rings (SSSR count). The highest BCUT2D eigenvalue weighted by Gasteiger charge is 2.38. The topological polar surface area (TPSA) is 66.6 Å². The monoisotopic (exact) mass is 368 g/mol. The molecule has 2 aromatic rings. The number of carbonyl (C=O) groups excluding carboxylic acids is 1. The molecule has 2 aliphatic heterocycles. The van der Waals surface area contributed by atoms with Crippen molar-refractivity contribution in [1.82, 2.24) is 24.5 Å². The van der Waals surface area contributed by atoms with Crippen molar-refractivity contribution in [2.45, 2.75) is 45.4 Å². The number of amides is 1. The van der Waals surface area contributed by atoms with Gasteiger partial charge in [0.1, 0.15) is 12.1 Å². The Morgan fingerprint density at radius 2 is 1.89 bits per heavy atom. The van der Waals surface area contributed by atoms with Crippen LogP contribution in [0.3, 0.4) is 0 Å². The third-order valence-electron chi connectivity index (χ3n) is 6.84. The van der Waals surface area contributed by atoms with Gasteiger partial charge in [0.05, 0.1) is 0 Å². The number of hydrogen-bond donors (Lipinski definition) is 0. The molecule has 7 heteroatoms. The minimum atomic E-state index is 0.390. The van der Waals surface area contributed by atoms with Gasteiger partial charge in [-0.15, -0.1) is 0 Å². The van der Waals surface area contributed by atoms with Crippen molar-refractivity contribution in [3.8, 4) is 0 Å². The Morgan fingerprint density at radius 3 is 2.63 bits per heavy atom. The summed E-state index contributed by atoms with van der Waals surface area (Å²) in [5.74, 6) is 4.19. The van der Waals surface area contributed by atoms with Gasteiger partial charge in [-0.25, -0.2) is 4.98 Å². The molecule has 7 nitrogen and oxygen atoms in total. The molecular weight excluding hydrogens is 340 g/mol. The summed E-state index contributed by atoms with van der Waals surface area (Å²) in [6, 6.07) is 2.08. The number of carbonyl (C=O) groups is 1. The highest BCUT2D eigenvalue weighted by Crippen LogP contribution is 2.38. The van der Waals surface area contributed by atoms with Crippen molar-refractivity contribution < 1.29 is 4.79 Å². The zero-order chi connectivity index (χ0) is 18.4. The van der Waals surface area contributed by atoms with E-state index in [2.05, 4.69) is 30.9 Å². The quantitative estimate of drug-likeness (QED) is 0.832. The van der Waals surface area contributed by atoms with Crippen LogP contribution in [-0.4, -0.2) is 56.6 Å². The lowest BCUT2D eigenvalue weighted by molar-refractivity contribution is -0.131. The maximum atomic E-state index is 12.8. The molecule has 3 fully saturated rings. The number of nitrogens with zero attached hydrogens (tertiary/aromatic N) is 6. The van der Waals surface area contributed by atoms with E-state index >= 15 is 0 Å². The van der Waals surface area contributed by atoms with E-state index in [-0.39, 0.29) is 0 Å². The third kappa shape index (κ3) is 3.17. The Morgan fingerprint density at radius 1 is 1.15 bits per heavy atom. The van der Waals surface area contributed by atoms with Crippen LogP contribution >= 0.6 is 0 Å². The van der Waals surface area contributed by atoms with Gasteiger partial charge in [0.2, 0.25) is 5.91 Å². The first-order chi connectivity index (χ1) is 13.2. The number of hydrogen-bond acceptors (Lipinski definition) is 5. The van der Waals surface area contributed by atoms with Crippen LogP contribution in [-0.2, 0) is 4.79 Å². The summed E-state index contributed by atoms with van der Waals surface area (Å²) in [5.41, 5.74) is 0.961. The molecule has 0 spiro atoms. The van der Waals surface area contributed by atoms with E-state index in [1.54, 1.807) is 6.33 Å². The first-order valence-corrected chi connectivity index (χ1v) is 10.4. The van der Waals surface area contributed by atoms with Gasteiger partial charge in [0.15, 0.2) is 0 Å². The molecule has 0 bridgehead atoms. The second-order valence-electron chi connectivity index (χ2n) is 8.61. The van der Waals surface area contributed by atoms with E-state index in [9.17, 15) is 4.79 Å². The van der Waals surface area contributed by atoms with Crippen LogP contribution in [0, 0.1) is 24.7 Å². The van der Waals surface area contributed by atoms with Crippen molar-refractivity contribution >= 4 is 17.5 Å². The zero-order valence-corrected chi connectivity index (χ0v) is 16.0. The Hall–Kier alpha value is -2.18. The standard InChI is InChI=1S/C20H28N6O/c1-14-9-18(26-20(23-14)21-13-22-26)24-7-5-15(6-8-24)10-19(27)25-11-16-3-2-4-17(16)12-25/h9,13,15-17H,2-8,10-12H2,1H3. The number of anilines is 1. The molecule has 2 unspecified atom stereocenters. The smallest absolute Gasteiger partial charge is 0.254 e. The first-order valence-electron chi connectivity index (χ1n) is 10.4. The summed E-state index contributed by atoms with van der Waals surface area (Å²) in [4.78, 5) is 25.9. The molecule has 4 heterocycles. The average molecular weight is 368 g/mol. The second-order valence-corrected chi connectivity index (χ2v) is 8.61. The Bertz CT molecular complexity index is 828. The van der Waals surface area contributed by atoms with Crippen LogP contribution in [0.1, 0.15) is 44.2 Å². The molecule has 2 saturated heterocycles. The molecule has 27 heavy (non-hydrogen) atoms. The Labute approximate surface area is 159 Å². The van der Waals surface area contributed by atoms with Crippen LogP contribution in [0.25, 0.3) is 5.78 Å². The third-order valence-corrected chi connectivity index (χ3v) is 6.84. The average Bonchev–Trinajstić information content (AvgIpc) is 3.37. The van der Waals surface area contributed by atoms with Crippen LogP contribution in [0.5, 0.6) is 0 Å². The van der Waals surface area contributed by atoms with Gasteiger partial charge in [0.25, 0.3) is 5.78 Å². The summed E-state index contributed by atoms with van der Waals surface area (Å²) in [7, 11) is 0. The van der Waals surface area contributed by atoms with Crippen molar-refractivity contribution in [3.05, 3.63) is 18.1 Å². The molecule has 0 N–H and O–H groups in total. The van der Waals surface area contributed by atoms with Gasteiger partial charge in [-0.1, -0.05) is 6.42 Å². The zero-order valence-electron chi connectivity index (χ0n) is 16.0. The summed E-state index contributed by atoms with van der Waals surface area (Å²) >= 11 is 0. The highest BCUT2D eigenvalue weighted by molar-refractivity contribution is 5.76. The fraction of sp³-hybridized carbons (Fsp3) is 0.700. The predicted molar refractivity (Wildman–Crippen MR) is 102 cm³/mol. The van der Waals surface area contributed by atoms with Gasteiger partial charge in [0, 0.05) is 44.4 Å². The summed E-state index contributed by atoms with van der Waals surface area (Å²) in [6.45, 7) is 5.95. The van der Waals surface area contributed by atoms with Crippen molar-refractivity contribution in [2.75, 3.05) is 31.1 Å². The van der Waals surface area contributed by atoms with Crippen LogP contribution in [0.15, 0.2) is 12.4 Å². The molecule has 3 aliphatic rings. The lowest BCUT2D eigenvalue weighted by Gasteiger charge is -2.34. The molecule has 1 amide bonds. The van der Waals surface area contributed by atoms with E-state index in [0.29, 0.717) is 17.6 Å². The molecule has 2 aromatic heterocycles. The molecule has 1 saturated carbocycles. The van der Waals surface area contributed by atoms with Gasteiger partial charge in [-0.05, 0) is 50.4 Å². The number of rotatable bonds is 3. The number of likely N-dealkylation sites (tertiary alicyclic amines) is 1. The number of piperidine rings is 1. The fourth-order valence-corrected chi connectivity index (χ4v) is 5.32. The van der Waals surface area contributed by atoms with E-state index < -0.39 is 0 Å².